The van der Waals surface area contributed by atoms with Crippen molar-refractivity contribution in [2.24, 2.45) is 0 Å². The van der Waals surface area contributed by atoms with E-state index in [0.717, 1.165) is 5.56 Å². The molecule has 6 nitrogen and oxygen atoms in total. The van der Waals surface area contributed by atoms with Crippen LogP contribution in [-0.2, 0) is 20.9 Å². The van der Waals surface area contributed by atoms with Crippen LogP contribution in [0, 0.1) is 0 Å². The zero-order valence-corrected chi connectivity index (χ0v) is 12.6. The van der Waals surface area contributed by atoms with E-state index in [9.17, 15) is 9.59 Å². The molecule has 2 saturated heterocycles. The van der Waals surface area contributed by atoms with Gasteiger partial charge in [0.25, 0.3) is 0 Å². The van der Waals surface area contributed by atoms with Crippen molar-refractivity contribution in [3.8, 4) is 0 Å². The van der Waals surface area contributed by atoms with Gasteiger partial charge < -0.3 is 19.7 Å². The van der Waals surface area contributed by atoms with E-state index in [2.05, 4.69) is 5.32 Å². The molecule has 0 aromatic heterocycles. The fraction of sp³-hybridized carbons (Fsp3) is 0.500. The first-order valence-electron chi connectivity index (χ1n) is 7.44. The van der Waals surface area contributed by atoms with Crippen molar-refractivity contribution in [2.75, 3.05) is 19.8 Å². The summed E-state index contributed by atoms with van der Waals surface area (Å²) in [6.07, 6.45) is 0.326. The molecule has 3 rings (SSSR count). The molecule has 0 bridgehead atoms. The molecule has 6 heteroatoms. The third-order valence-electron chi connectivity index (χ3n) is 4.15. The molecule has 1 spiro atoms. The Morgan fingerprint density at radius 3 is 2.95 bits per heavy atom. The first-order valence-corrected chi connectivity index (χ1v) is 7.44. The lowest BCUT2D eigenvalue weighted by Gasteiger charge is -2.33. The summed E-state index contributed by atoms with van der Waals surface area (Å²) in [6, 6.07) is 9.57. The fourth-order valence-electron chi connectivity index (χ4n) is 3.17. The van der Waals surface area contributed by atoms with Gasteiger partial charge in [-0.05, 0) is 18.9 Å². The Morgan fingerprint density at radius 2 is 2.23 bits per heavy atom. The molecule has 0 saturated carbocycles. The largest absolute Gasteiger partial charge is 0.445 e. The highest BCUT2D eigenvalue weighted by molar-refractivity contribution is 5.79. The number of morpholine rings is 1. The van der Waals surface area contributed by atoms with Gasteiger partial charge in [0.1, 0.15) is 13.2 Å². The van der Waals surface area contributed by atoms with Crippen LogP contribution in [0.15, 0.2) is 30.3 Å². The quantitative estimate of drug-likeness (QED) is 0.894. The van der Waals surface area contributed by atoms with Gasteiger partial charge in [-0.15, -0.1) is 0 Å². The van der Waals surface area contributed by atoms with Gasteiger partial charge in [0.05, 0.1) is 12.1 Å². The smallest absolute Gasteiger partial charge is 0.410 e. The second-order valence-electron chi connectivity index (χ2n) is 6.04. The van der Waals surface area contributed by atoms with E-state index in [1.807, 2.05) is 37.3 Å². The Labute approximate surface area is 129 Å². The van der Waals surface area contributed by atoms with Crippen LogP contribution in [0.2, 0.25) is 0 Å². The van der Waals surface area contributed by atoms with E-state index in [4.69, 9.17) is 9.47 Å². The Balaban J connectivity index is 1.60. The Hall–Kier alpha value is -2.08. The molecule has 2 amide bonds. The number of amides is 2. The van der Waals surface area contributed by atoms with Crippen molar-refractivity contribution >= 4 is 12.0 Å². The van der Waals surface area contributed by atoms with Crippen LogP contribution >= 0.6 is 0 Å². The molecule has 1 N–H and O–H groups in total. The number of likely N-dealkylation sites (tertiary alicyclic amines) is 1. The monoisotopic (exact) mass is 304 g/mol. The third-order valence-corrected chi connectivity index (χ3v) is 4.15. The predicted octanol–water partition coefficient (Wildman–Crippen LogP) is 1.30. The Morgan fingerprint density at radius 1 is 1.45 bits per heavy atom. The lowest BCUT2D eigenvalue weighted by Crippen LogP contribution is -2.58. The van der Waals surface area contributed by atoms with Crippen molar-refractivity contribution in [2.45, 2.75) is 31.5 Å². The van der Waals surface area contributed by atoms with Gasteiger partial charge in [0.15, 0.2) is 0 Å². The van der Waals surface area contributed by atoms with E-state index in [1.165, 1.54) is 0 Å². The van der Waals surface area contributed by atoms with Crippen LogP contribution in [-0.4, -0.2) is 48.2 Å². The molecule has 22 heavy (non-hydrogen) atoms. The highest BCUT2D eigenvalue weighted by Gasteiger charge is 2.47. The summed E-state index contributed by atoms with van der Waals surface area (Å²) >= 11 is 0. The summed E-state index contributed by atoms with van der Waals surface area (Å²) in [5.41, 5.74) is 0.479. The molecule has 0 aliphatic carbocycles. The van der Waals surface area contributed by atoms with Crippen molar-refractivity contribution in [3.05, 3.63) is 35.9 Å². The zero-order valence-electron chi connectivity index (χ0n) is 12.6. The maximum atomic E-state index is 12.3. The van der Waals surface area contributed by atoms with Gasteiger partial charge in [-0.3, -0.25) is 4.79 Å². The standard InChI is InChI=1S/C16H20N2O4/c1-12-7-16(11-21-9-14(19)17-16)10-18(12)15(20)22-8-13-5-3-2-4-6-13/h2-6,12H,7-11H2,1H3,(H,17,19). The minimum atomic E-state index is -0.472. The molecular weight excluding hydrogens is 284 g/mol. The summed E-state index contributed by atoms with van der Waals surface area (Å²) in [5.74, 6) is -0.127. The second kappa shape index (κ2) is 5.96. The first-order chi connectivity index (χ1) is 10.6. The maximum absolute atomic E-state index is 12.3. The summed E-state index contributed by atoms with van der Waals surface area (Å²) in [5, 5.41) is 2.97. The number of nitrogens with one attached hydrogen (secondary N) is 1. The third kappa shape index (κ3) is 3.06. The first kappa shape index (κ1) is 14.8. The summed E-state index contributed by atoms with van der Waals surface area (Å²) in [6.45, 7) is 3.16. The SMILES string of the molecule is CC1CC2(COCC(=O)N2)CN1C(=O)OCc1ccccc1. The van der Waals surface area contributed by atoms with Crippen LogP contribution < -0.4 is 5.32 Å². The molecule has 118 valence electrons. The number of nitrogens with zero attached hydrogens (tertiary/aromatic N) is 1. The van der Waals surface area contributed by atoms with Gasteiger partial charge in [0.2, 0.25) is 5.91 Å². The number of benzene rings is 1. The zero-order chi connectivity index (χ0) is 15.6. The average Bonchev–Trinajstić information content (AvgIpc) is 2.81. The molecule has 2 atom stereocenters. The van der Waals surface area contributed by atoms with Gasteiger partial charge in [-0.25, -0.2) is 4.79 Å². The summed E-state index contributed by atoms with van der Waals surface area (Å²) < 4.78 is 10.7. The van der Waals surface area contributed by atoms with E-state index in [0.29, 0.717) is 19.6 Å². The fourth-order valence-corrected chi connectivity index (χ4v) is 3.17. The molecule has 2 aliphatic rings. The highest BCUT2D eigenvalue weighted by atomic mass is 16.6. The van der Waals surface area contributed by atoms with Gasteiger partial charge in [0, 0.05) is 12.6 Å². The molecule has 2 unspecified atom stereocenters. The molecule has 2 aliphatic heterocycles. The summed E-state index contributed by atoms with van der Waals surface area (Å²) in [4.78, 5) is 25.5. The molecule has 1 aromatic rings. The highest BCUT2D eigenvalue weighted by Crippen LogP contribution is 2.29. The Kier molecular flexibility index (Phi) is 4.02. The number of carbonyl (C=O) groups is 2. The van der Waals surface area contributed by atoms with E-state index in [-0.39, 0.29) is 31.3 Å². The van der Waals surface area contributed by atoms with Crippen LogP contribution in [0.1, 0.15) is 18.9 Å². The molecule has 2 fully saturated rings. The van der Waals surface area contributed by atoms with Crippen LogP contribution in [0.5, 0.6) is 0 Å². The Bertz CT molecular complexity index is 563. The number of hydrogen-bond donors (Lipinski definition) is 1. The van der Waals surface area contributed by atoms with Crippen molar-refractivity contribution in [1.29, 1.82) is 0 Å². The van der Waals surface area contributed by atoms with Crippen LogP contribution in [0.25, 0.3) is 0 Å². The topological polar surface area (TPSA) is 67.9 Å². The molecule has 2 heterocycles. The normalized spacial score (nSPS) is 27.8. The lowest BCUT2D eigenvalue weighted by atomic mass is 9.96. The lowest BCUT2D eigenvalue weighted by molar-refractivity contribution is -0.134. The van der Waals surface area contributed by atoms with Crippen molar-refractivity contribution in [1.82, 2.24) is 10.2 Å². The van der Waals surface area contributed by atoms with Crippen molar-refractivity contribution < 1.29 is 19.1 Å². The minimum Gasteiger partial charge on any atom is -0.445 e. The second-order valence-corrected chi connectivity index (χ2v) is 6.04. The van der Waals surface area contributed by atoms with Gasteiger partial charge in [-0.2, -0.15) is 0 Å². The summed E-state index contributed by atoms with van der Waals surface area (Å²) in [7, 11) is 0. The van der Waals surface area contributed by atoms with E-state index >= 15 is 0 Å². The van der Waals surface area contributed by atoms with Gasteiger partial charge >= 0.3 is 6.09 Å². The number of ether oxygens (including phenoxy) is 2. The number of rotatable bonds is 2. The van der Waals surface area contributed by atoms with E-state index < -0.39 is 5.54 Å². The molecule has 1 aromatic carbocycles. The predicted molar refractivity (Wildman–Crippen MR) is 79.1 cm³/mol. The van der Waals surface area contributed by atoms with Crippen LogP contribution in [0.3, 0.4) is 0 Å². The number of hydrogen-bond acceptors (Lipinski definition) is 4. The van der Waals surface area contributed by atoms with Crippen molar-refractivity contribution in [3.63, 3.8) is 0 Å². The molecular formula is C16H20N2O4. The van der Waals surface area contributed by atoms with E-state index in [1.54, 1.807) is 4.90 Å². The van der Waals surface area contributed by atoms with Gasteiger partial charge in [-0.1, -0.05) is 30.3 Å². The maximum Gasteiger partial charge on any atom is 0.410 e. The average molecular weight is 304 g/mol. The van der Waals surface area contributed by atoms with Crippen LogP contribution in [0.4, 0.5) is 4.79 Å². The molecule has 0 radical (unpaired) electrons. The number of carbonyl (C=O) groups excluding carboxylic acids is 2. The minimum absolute atomic E-state index is 0.00488.